The van der Waals surface area contributed by atoms with Crippen LogP contribution >= 0.6 is 0 Å². The number of furan rings is 1. The SMILES string of the molecule is Cc1c(C(=O)N2CC[C@](O)(CN(C)C)C2)oc2ccccc12. The first-order valence-electron chi connectivity index (χ1n) is 7.54. The molecule has 1 aromatic carbocycles. The summed E-state index contributed by atoms with van der Waals surface area (Å²) in [5.74, 6) is 0.249. The predicted octanol–water partition coefficient (Wildman–Crippen LogP) is 1.88. The smallest absolute Gasteiger partial charge is 0.289 e. The van der Waals surface area contributed by atoms with Gasteiger partial charge in [0.1, 0.15) is 5.58 Å². The summed E-state index contributed by atoms with van der Waals surface area (Å²) in [4.78, 5) is 16.4. The molecule has 1 amide bonds. The van der Waals surface area contributed by atoms with Crippen molar-refractivity contribution in [1.82, 2.24) is 9.80 Å². The highest BCUT2D eigenvalue weighted by molar-refractivity contribution is 5.99. The number of likely N-dealkylation sites (tertiary alicyclic amines) is 1. The Hall–Kier alpha value is -1.85. The number of β-amino-alcohol motifs (C(OH)–C–C–N with tert-alkyl or cyclic N) is 1. The first-order valence-corrected chi connectivity index (χ1v) is 7.54. The van der Waals surface area contributed by atoms with Crippen molar-refractivity contribution < 1.29 is 14.3 Å². The van der Waals surface area contributed by atoms with E-state index in [2.05, 4.69) is 0 Å². The number of hydrogen-bond donors (Lipinski definition) is 1. The van der Waals surface area contributed by atoms with Gasteiger partial charge in [0.15, 0.2) is 5.76 Å². The zero-order valence-electron chi connectivity index (χ0n) is 13.3. The molecule has 5 nitrogen and oxygen atoms in total. The molecule has 0 spiro atoms. The topological polar surface area (TPSA) is 56.9 Å². The molecule has 0 saturated carbocycles. The number of aryl methyl sites for hydroxylation is 1. The average Bonchev–Trinajstić information content (AvgIpc) is 2.99. The third kappa shape index (κ3) is 2.62. The molecule has 118 valence electrons. The van der Waals surface area contributed by atoms with Gasteiger partial charge in [-0.3, -0.25) is 4.79 Å². The van der Waals surface area contributed by atoms with Gasteiger partial charge in [-0.05, 0) is 33.5 Å². The van der Waals surface area contributed by atoms with E-state index in [4.69, 9.17) is 4.42 Å². The predicted molar refractivity (Wildman–Crippen MR) is 85.0 cm³/mol. The quantitative estimate of drug-likeness (QED) is 0.940. The Balaban J connectivity index is 1.83. The van der Waals surface area contributed by atoms with Crippen LogP contribution in [-0.2, 0) is 0 Å². The molecule has 1 atom stereocenters. The number of fused-ring (bicyclic) bond motifs is 1. The summed E-state index contributed by atoms with van der Waals surface area (Å²) in [5, 5.41) is 11.5. The molecule has 2 heterocycles. The minimum absolute atomic E-state index is 0.136. The van der Waals surface area contributed by atoms with Gasteiger partial charge in [-0.15, -0.1) is 0 Å². The zero-order chi connectivity index (χ0) is 15.9. The van der Waals surface area contributed by atoms with Crippen LogP contribution in [0.25, 0.3) is 11.0 Å². The molecule has 0 bridgehead atoms. The number of carbonyl (C=O) groups excluding carboxylic acids is 1. The largest absolute Gasteiger partial charge is 0.451 e. The molecule has 1 aromatic heterocycles. The summed E-state index contributed by atoms with van der Waals surface area (Å²) >= 11 is 0. The van der Waals surface area contributed by atoms with Crippen molar-refractivity contribution in [3.05, 3.63) is 35.6 Å². The number of hydrogen-bond acceptors (Lipinski definition) is 4. The van der Waals surface area contributed by atoms with Crippen LogP contribution in [0.4, 0.5) is 0 Å². The second-order valence-electron chi connectivity index (χ2n) is 6.49. The highest BCUT2D eigenvalue weighted by Crippen LogP contribution is 2.29. The van der Waals surface area contributed by atoms with E-state index in [-0.39, 0.29) is 5.91 Å². The van der Waals surface area contributed by atoms with Crippen LogP contribution in [0.5, 0.6) is 0 Å². The Morgan fingerprint density at radius 3 is 2.82 bits per heavy atom. The molecule has 5 heteroatoms. The Morgan fingerprint density at radius 1 is 1.41 bits per heavy atom. The molecule has 2 aromatic rings. The zero-order valence-corrected chi connectivity index (χ0v) is 13.3. The maximum atomic E-state index is 12.7. The Labute approximate surface area is 130 Å². The fourth-order valence-electron chi connectivity index (χ4n) is 3.27. The molecule has 1 fully saturated rings. The van der Waals surface area contributed by atoms with E-state index in [0.717, 1.165) is 16.5 Å². The van der Waals surface area contributed by atoms with E-state index in [1.54, 1.807) is 4.90 Å². The summed E-state index contributed by atoms with van der Waals surface area (Å²) in [6, 6.07) is 7.65. The Bertz CT molecular complexity index is 707. The number of rotatable bonds is 3. The van der Waals surface area contributed by atoms with Gasteiger partial charge in [0.25, 0.3) is 5.91 Å². The van der Waals surface area contributed by atoms with E-state index < -0.39 is 5.60 Å². The first-order chi connectivity index (χ1) is 10.4. The van der Waals surface area contributed by atoms with Crippen molar-refractivity contribution in [3.63, 3.8) is 0 Å². The van der Waals surface area contributed by atoms with E-state index in [1.165, 1.54) is 0 Å². The van der Waals surface area contributed by atoms with Crippen molar-refractivity contribution in [2.75, 3.05) is 33.7 Å². The number of nitrogens with zero attached hydrogens (tertiary/aromatic N) is 2. The van der Waals surface area contributed by atoms with Gasteiger partial charge in [-0.1, -0.05) is 18.2 Å². The van der Waals surface area contributed by atoms with E-state index in [0.29, 0.717) is 31.8 Å². The van der Waals surface area contributed by atoms with E-state index >= 15 is 0 Å². The lowest BCUT2D eigenvalue weighted by molar-refractivity contribution is 0.0231. The van der Waals surface area contributed by atoms with Gasteiger partial charge < -0.3 is 19.3 Å². The molecule has 0 radical (unpaired) electrons. The van der Waals surface area contributed by atoms with Gasteiger partial charge in [-0.25, -0.2) is 0 Å². The minimum atomic E-state index is -0.834. The highest BCUT2D eigenvalue weighted by Gasteiger charge is 2.39. The van der Waals surface area contributed by atoms with Crippen LogP contribution < -0.4 is 0 Å². The molecule has 22 heavy (non-hydrogen) atoms. The van der Waals surface area contributed by atoms with Crippen LogP contribution in [0.3, 0.4) is 0 Å². The standard InChI is InChI=1S/C17H22N2O3/c1-12-13-6-4-5-7-14(13)22-15(12)16(20)19-9-8-17(21,11-19)10-18(2)3/h4-7,21H,8-11H2,1-3H3/t17-/m0/s1. The number of carbonyl (C=O) groups is 1. The molecule has 1 N–H and O–H groups in total. The molecule has 1 aliphatic rings. The fourth-order valence-corrected chi connectivity index (χ4v) is 3.27. The van der Waals surface area contributed by atoms with Crippen LogP contribution in [0.2, 0.25) is 0 Å². The minimum Gasteiger partial charge on any atom is -0.451 e. The van der Waals surface area contributed by atoms with Crippen molar-refractivity contribution in [3.8, 4) is 0 Å². The normalized spacial score (nSPS) is 22.0. The number of para-hydroxylation sites is 1. The number of amides is 1. The van der Waals surface area contributed by atoms with Crippen molar-refractivity contribution >= 4 is 16.9 Å². The second-order valence-corrected chi connectivity index (χ2v) is 6.49. The van der Waals surface area contributed by atoms with Crippen molar-refractivity contribution in [2.24, 2.45) is 0 Å². The summed E-state index contributed by atoms with van der Waals surface area (Å²) in [6.07, 6.45) is 0.593. The lowest BCUT2D eigenvalue weighted by Gasteiger charge is -2.26. The average molecular weight is 302 g/mol. The van der Waals surface area contributed by atoms with E-state index in [9.17, 15) is 9.90 Å². The number of benzene rings is 1. The number of aliphatic hydroxyl groups is 1. The van der Waals surface area contributed by atoms with Crippen LogP contribution in [-0.4, -0.2) is 60.1 Å². The Kier molecular flexibility index (Phi) is 3.70. The van der Waals surface area contributed by atoms with Gasteiger partial charge in [-0.2, -0.15) is 0 Å². The first kappa shape index (κ1) is 15.1. The summed E-state index contributed by atoms with van der Waals surface area (Å²) in [5.41, 5.74) is 0.758. The molecule has 0 aliphatic carbocycles. The van der Waals surface area contributed by atoms with Crippen molar-refractivity contribution in [1.29, 1.82) is 0 Å². The van der Waals surface area contributed by atoms with E-state index in [1.807, 2.05) is 50.2 Å². The molecule has 1 saturated heterocycles. The monoisotopic (exact) mass is 302 g/mol. The molecular formula is C17H22N2O3. The van der Waals surface area contributed by atoms with Gasteiger partial charge in [0.2, 0.25) is 0 Å². The maximum absolute atomic E-state index is 12.7. The van der Waals surface area contributed by atoms with Crippen LogP contribution in [0, 0.1) is 6.92 Å². The molecular weight excluding hydrogens is 280 g/mol. The lowest BCUT2D eigenvalue weighted by atomic mass is 10.0. The lowest BCUT2D eigenvalue weighted by Crippen LogP contribution is -2.43. The van der Waals surface area contributed by atoms with Gasteiger partial charge >= 0.3 is 0 Å². The van der Waals surface area contributed by atoms with Crippen LogP contribution in [0.15, 0.2) is 28.7 Å². The van der Waals surface area contributed by atoms with Crippen molar-refractivity contribution in [2.45, 2.75) is 18.9 Å². The third-order valence-corrected chi connectivity index (χ3v) is 4.27. The highest BCUT2D eigenvalue weighted by atomic mass is 16.3. The molecule has 1 aliphatic heterocycles. The molecule has 3 rings (SSSR count). The third-order valence-electron chi connectivity index (χ3n) is 4.27. The van der Waals surface area contributed by atoms with Gasteiger partial charge in [0, 0.05) is 24.0 Å². The number of likely N-dealkylation sites (N-methyl/N-ethyl adjacent to an activating group) is 1. The van der Waals surface area contributed by atoms with Crippen LogP contribution in [0.1, 0.15) is 22.5 Å². The van der Waals surface area contributed by atoms with Gasteiger partial charge in [0.05, 0.1) is 12.1 Å². The Morgan fingerprint density at radius 2 is 2.14 bits per heavy atom. The summed E-state index contributed by atoms with van der Waals surface area (Å²) in [7, 11) is 3.84. The maximum Gasteiger partial charge on any atom is 0.289 e. The fraction of sp³-hybridized carbons (Fsp3) is 0.471. The molecule has 0 unspecified atom stereocenters. The summed E-state index contributed by atoms with van der Waals surface area (Å²) < 4.78 is 5.74. The second kappa shape index (κ2) is 5.41. The summed E-state index contributed by atoms with van der Waals surface area (Å²) in [6.45, 7) is 3.36.